The SMILES string of the molecule is C[C@@H](Oc1ccccc1Cl)C(=O)NC(C)(C)Cc1ccccc1. The second-order valence-corrected chi connectivity index (χ2v) is 6.63. The third-order valence-electron chi connectivity index (χ3n) is 3.46. The highest BCUT2D eigenvalue weighted by molar-refractivity contribution is 6.32. The van der Waals surface area contributed by atoms with Crippen LogP contribution in [0.25, 0.3) is 0 Å². The van der Waals surface area contributed by atoms with Gasteiger partial charge in [-0.25, -0.2) is 0 Å². The van der Waals surface area contributed by atoms with Crippen molar-refractivity contribution in [3.8, 4) is 5.75 Å². The van der Waals surface area contributed by atoms with Crippen molar-refractivity contribution in [1.29, 1.82) is 0 Å². The van der Waals surface area contributed by atoms with Crippen molar-refractivity contribution in [1.82, 2.24) is 5.32 Å². The molecule has 1 N–H and O–H groups in total. The first-order valence-electron chi connectivity index (χ1n) is 7.64. The maximum absolute atomic E-state index is 12.4. The Balaban J connectivity index is 1.96. The summed E-state index contributed by atoms with van der Waals surface area (Å²) in [6.45, 7) is 5.72. The molecular weight excluding hydrogens is 310 g/mol. The number of nitrogens with one attached hydrogen (secondary N) is 1. The molecule has 0 aliphatic carbocycles. The van der Waals surface area contributed by atoms with E-state index in [0.717, 1.165) is 6.42 Å². The topological polar surface area (TPSA) is 38.3 Å². The van der Waals surface area contributed by atoms with Gasteiger partial charge in [-0.3, -0.25) is 4.79 Å². The smallest absolute Gasteiger partial charge is 0.261 e. The lowest BCUT2D eigenvalue weighted by Crippen LogP contribution is -2.49. The Bertz CT molecular complexity index is 655. The largest absolute Gasteiger partial charge is 0.479 e. The molecule has 0 saturated carbocycles. The van der Waals surface area contributed by atoms with Crippen LogP contribution in [-0.2, 0) is 11.2 Å². The molecule has 0 unspecified atom stereocenters. The lowest BCUT2D eigenvalue weighted by Gasteiger charge is -2.28. The van der Waals surface area contributed by atoms with Crippen LogP contribution in [0.2, 0.25) is 5.02 Å². The standard InChI is InChI=1S/C19H22ClNO2/c1-14(23-17-12-8-7-11-16(17)20)18(22)21-19(2,3)13-15-9-5-4-6-10-15/h4-12,14H,13H2,1-3H3,(H,21,22)/t14-/m1/s1. The fourth-order valence-corrected chi connectivity index (χ4v) is 2.55. The molecule has 0 radical (unpaired) electrons. The van der Waals surface area contributed by atoms with E-state index in [-0.39, 0.29) is 11.4 Å². The molecule has 2 aromatic carbocycles. The molecule has 1 amide bonds. The molecule has 2 rings (SSSR count). The first-order chi connectivity index (χ1) is 10.9. The van der Waals surface area contributed by atoms with E-state index in [4.69, 9.17) is 16.3 Å². The second-order valence-electron chi connectivity index (χ2n) is 6.23. The summed E-state index contributed by atoms with van der Waals surface area (Å²) >= 11 is 6.06. The van der Waals surface area contributed by atoms with Gasteiger partial charge in [0, 0.05) is 5.54 Å². The van der Waals surface area contributed by atoms with E-state index in [0.29, 0.717) is 10.8 Å². The van der Waals surface area contributed by atoms with Crippen molar-refractivity contribution < 1.29 is 9.53 Å². The van der Waals surface area contributed by atoms with E-state index >= 15 is 0 Å². The lowest BCUT2D eigenvalue weighted by molar-refractivity contribution is -0.128. The Morgan fingerprint density at radius 1 is 1.13 bits per heavy atom. The van der Waals surface area contributed by atoms with Gasteiger partial charge in [0.15, 0.2) is 6.10 Å². The molecule has 0 saturated heterocycles. The Kier molecular flexibility index (Phi) is 5.67. The van der Waals surface area contributed by atoms with Crippen LogP contribution in [0.5, 0.6) is 5.75 Å². The summed E-state index contributed by atoms with van der Waals surface area (Å²) in [6.07, 6.45) is 0.128. The van der Waals surface area contributed by atoms with Crippen LogP contribution in [0, 0.1) is 0 Å². The summed E-state index contributed by atoms with van der Waals surface area (Å²) in [7, 11) is 0. The average Bonchev–Trinajstić information content (AvgIpc) is 2.49. The third-order valence-corrected chi connectivity index (χ3v) is 3.77. The van der Waals surface area contributed by atoms with Gasteiger partial charge in [0.25, 0.3) is 5.91 Å². The molecule has 0 heterocycles. The number of para-hydroxylation sites is 1. The molecule has 0 spiro atoms. The number of hydrogen-bond donors (Lipinski definition) is 1. The van der Waals surface area contributed by atoms with Crippen LogP contribution in [0.15, 0.2) is 54.6 Å². The van der Waals surface area contributed by atoms with E-state index < -0.39 is 6.10 Å². The quantitative estimate of drug-likeness (QED) is 0.859. The zero-order valence-electron chi connectivity index (χ0n) is 13.7. The number of ether oxygens (including phenoxy) is 1. The van der Waals surface area contributed by atoms with E-state index in [1.54, 1.807) is 19.1 Å². The van der Waals surface area contributed by atoms with Gasteiger partial charge in [-0.15, -0.1) is 0 Å². The van der Waals surface area contributed by atoms with Crippen LogP contribution >= 0.6 is 11.6 Å². The summed E-state index contributed by atoms with van der Waals surface area (Å²) in [5.74, 6) is 0.350. The van der Waals surface area contributed by atoms with Crippen molar-refractivity contribution >= 4 is 17.5 Å². The molecule has 0 fully saturated rings. The maximum atomic E-state index is 12.4. The van der Waals surface area contributed by atoms with E-state index in [1.807, 2.05) is 44.2 Å². The second kappa shape index (κ2) is 7.51. The predicted octanol–water partition coefficient (Wildman–Crippen LogP) is 4.24. The number of rotatable bonds is 6. The van der Waals surface area contributed by atoms with Gasteiger partial charge < -0.3 is 10.1 Å². The molecule has 4 heteroatoms. The zero-order valence-corrected chi connectivity index (χ0v) is 14.4. The minimum absolute atomic E-state index is 0.161. The molecule has 0 aliphatic heterocycles. The number of halogens is 1. The molecule has 1 atom stereocenters. The van der Waals surface area contributed by atoms with Crippen molar-refractivity contribution in [3.05, 3.63) is 65.2 Å². The highest BCUT2D eigenvalue weighted by atomic mass is 35.5. The van der Waals surface area contributed by atoms with Gasteiger partial charge in [-0.2, -0.15) is 0 Å². The maximum Gasteiger partial charge on any atom is 0.261 e. The van der Waals surface area contributed by atoms with Crippen LogP contribution in [-0.4, -0.2) is 17.6 Å². The van der Waals surface area contributed by atoms with Crippen LogP contribution in [0.1, 0.15) is 26.3 Å². The number of amides is 1. The normalized spacial score (nSPS) is 12.5. The van der Waals surface area contributed by atoms with Gasteiger partial charge in [0.05, 0.1) is 5.02 Å². The predicted molar refractivity (Wildman–Crippen MR) is 93.9 cm³/mol. The number of hydrogen-bond acceptors (Lipinski definition) is 2. The lowest BCUT2D eigenvalue weighted by atomic mass is 9.94. The van der Waals surface area contributed by atoms with Gasteiger partial charge in [0.2, 0.25) is 0 Å². The summed E-state index contributed by atoms with van der Waals surface area (Å²) in [5, 5.41) is 3.53. The van der Waals surface area contributed by atoms with E-state index in [9.17, 15) is 4.79 Å². The molecule has 0 aromatic heterocycles. The molecule has 2 aromatic rings. The van der Waals surface area contributed by atoms with Crippen molar-refractivity contribution in [2.24, 2.45) is 0 Å². The minimum Gasteiger partial charge on any atom is -0.479 e. The number of carbonyl (C=O) groups is 1. The summed E-state index contributed by atoms with van der Waals surface area (Å²) < 4.78 is 5.66. The average molecular weight is 332 g/mol. The summed E-state index contributed by atoms with van der Waals surface area (Å²) in [5.41, 5.74) is 0.814. The number of carbonyl (C=O) groups excluding carboxylic acids is 1. The van der Waals surface area contributed by atoms with Crippen molar-refractivity contribution in [2.75, 3.05) is 0 Å². The van der Waals surface area contributed by atoms with Crippen LogP contribution in [0.3, 0.4) is 0 Å². The molecule has 0 bridgehead atoms. The molecular formula is C19H22ClNO2. The van der Waals surface area contributed by atoms with E-state index in [2.05, 4.69) is 17.4 Å². The van der Waals surface area contributed by atoms with E-state index in [1.165, 1.54) is 5.56 Å². The van der Waals surface area contributed by atoms with Gasteiger partial charge in [-0.1, -0.05) is 54.1 Å². The van der Waals surface area contributed by atoms with Gasteiger partial charge in [-0.05, 0) is 44.9 Å². The Morgan fingerprint density at radius 2 is 1.74 bits per heavy atom. The zero-order chi connectivity index (χ0) is 16.9. The minimum atomic E-state index is -0.620. The third kappa shape index (κ3) is 5.29. The van der Waals surface area contributed by atoms with Crippen LogP contribution < -0.4 is 10.1 Å². The molecule has 122 valence electrons. The number of benzene rings is 2. The molecule has 0 aliphatic rings. The fraction of sp³-hybridized carbons (Fsp3) is 0.316. The first kappa shape index (κ1) is 17.4. The first-order valence-corrected chi connectivity index (χ1v) is 8.02. The highest BCUT2D eigenvalue weighted by Crippen LogP contribution is 2.24. The summed E-state index contributed by atoms with van der Waals surface area (Å²) in [4.78, 5) is 12.4. The Hall–Kier alpha value is -2.00. The van der Waals surface area contributed by atoms with Gasteiger partial charge >= 0.3 is 0 Å². The summed E-state index contributed by atoms with van der Waals surface area (Å²) in [6, 6.07) is 17.2. The molecule has 23 heavy (non-hydrogen) atoms. The van der Waals surface area contributed by atoms with Crippen molar-refractivity contribution in [3.63, 3.8) is 0 Å². The Morgan fingerprint density at radius 3 is 2.39 bits per heavy atom. The highest BCUT2D eigenvalue weighted by Gasteiger charge is 2.25. The fourth-order valence-electron chi connectivity index (χ4n) is 2.37. The van der Waals surface area contributed by atoms with Gasteiger partial charge in [0.1, 0.15) is 5.75 Å². The van der Waals surface area contributed by atoms with Crippen LogP contribution in [0.4, 0.5) is 0 Å². The Labute approximate surface area is 142 Å². The monoisotopic (exact) mass is 331 g/mol. The molecule has 3 nitrogen and oxygen atoms in total. The van der Waals surface area contributed by atoms with Crippen molar-refractivity contribution in [2.45, 2.75) is 38.8 Å².